The van der Waals surface area contributed by atoms with E-state index in [0.29, 0.717) is 22.8 Å². The SMILES string of the molecule is COc1ccc(-c2nc(COC(=O)c3ccc(CN4C(=O)CNC4=O)cc3)cs2)cc1OC. The zero-order valence-corrected chi connectivity index (χ0v) is 18.8. The van der Waals surface area contributed by atoms with Crippen molar-refractivity contribution in [1.82, 2.24) is 15.2 Å². The minimum Gasteiger partial charge on any atom is -0.493 e. The Bertz CT molecular complexity index is 1180. The zero-order chi connectivity index (χ0) is 23.4. The van der Waals surface area contributed by atoms with Crippen molar-refractivity contribution in [3.63, 3.8) is 0 Å². The summed E-state index contributed by atoms with van der Waals surface area (Å²) in [6, 6.07) is 11.7. The summed E-state index contributed by atoms with van der Waals surface area (Å²) in [6.45, 7) is 0.193. The topological polar surface area (TPSA) is 107 Å². The van der Waals surface area contributed by atoms with E-state index in [0.717, 1.165) is 21.0 Å². The molecule has 33 heavy (non-hydrogen) atoms. The highest BCUT2D eigenvalue weighted by molar-refractivity contribution is 7.13. The molecule has 0 spiro atoms. The number of hydrogen-bond donors (Lipinski definition) is 1. The van der Waals surface area contributed by atoms with E-state index in [-0.39, 0.29) is 25.6 Å². The van der Waals surface area contributed by atoms with Crippen molar-refractivity contribution in [2.75, 3.05) is 20.8 Å². The number of nitrogens with one attached hydrogen (secondary N) is 1. The van der Waals surface area contributed by atoms with Gasteiger partial charge in [-0.1, -0.05) is 12.1 Å². The molecule has 0 saturated carbocycles. The number of carbonyl (C=O) groups is 3. The molecule has 10 heteroatoms. The van der Waals surface area contributed by atoms with Crippen molar-refractivity contribution in [3.8, 4) is 22.1 Å². The molecule has 1 aliphatic rings. The molecule has 2 heterocycles. The Hall–Kier alpha value is -3.92. The molecule has 3 aromatic rings. The third-order valence-electron chi connectivity index (χ3n) is 5.00. The average Bonchev–Trinajstić information content (AvgIpc) is 3.44. The summed E-state index contributed by atoms with van der Waals surface area (Å²) in [5, 5.41) is 5.07. The molecule has 2 aromatic carbocycles. The van der Waals surface area contributed by atoms with E-state index in [4.69, 9.17) is 14.2 Å². The van der Waals surface area contributed by atoms with Gasteiger partial charge in [-0.05, 0) is 35.9 Å². The predicted octanol–water partition coefficient (Wildman–Crippen LogP) is 3.24. The number of methoxy groups -OCH3 is 2. The molecular formula is C23H21N3O6S. The van der Waals surface area contributed by atoms with Gasteiger partial charge in [-0.2, -0.15) is 0 Å². The van der Waals surface area contributed by atoms with E-state index in [1.165, 1.54) is 11.3 Å². The van der Waals surface area contributed by atoms with Crippen molar-refractivity contribution in [2.24, 2.45) is 0 Å². The van der Waals surface area contributed by atoms with Crippen LogP contribution in [-0.4, -0.2) is 48.6 Å². The number of urea groups is 1. The molecule has 1 aliphatic heterocycles. The molecule has 0 unspecified atom stereocenters. The fourth-order valence-electron chi connectivity index (χ4n) is 3.24. The first-order chi connectivity index (χ1) is 16.0. The minimum atomic E-state index is -0.489. The van der Waals surface area contributed by atoms with Crippen molar-refractivity contribution < 1.29 is 28.6 Å². The smallest absolute Gasteiger partial charge is 0.338 e. The van der Waals surface area contributed by atoms with Gasteiger partial charge in [-0.3, -0.25) is 9.69 Å². The Morgan fingerprint density at radius 2 is 1.85 bits per heavy atom. The fraction of sp³-hybridized carbons (Fsp3) is 0.217. The van der Waals surface area contributed by atoms with Gasteiger partial charge >= 0.3 is 12.0 Å². The van der Waals surface area contributed by atoms with Gasteiger partial charge in [0.25, 0.3) is 0 Å². The molecule has 1 fully saturated rings. The molecule has 1 N–H and O–H groups in total. The summed E-state index contributed by atoms with van der Waals surface area (Å²) >= 11 is 1.44. The van der Waals surface area contributed by atoms with Crippen LogP contribution in [0.2, 0.25) is 0 Å². The largest absolute Gasteiger partial charge is 0.493 e. The lowest BCUT2D eigenvalue weighted by atomic mass is 10.1. The Morgan fingerprint density at radius 3 is 2.52 bits per heavy atom. The Kier molecular flexibility index (Phi) is 6.55. The van der Waals surface area contributed by atoms with Crippen LogP contribution in [0.4, 0.5) is 4.79 Å². The standard InChI is InChI=1S/C23H21N3O6S/c1-30-18-8-7-16(9-19(18)31-2)21-25-17(13-33-21)12-32-22(28)15-5-3-14(4-6-15)11-26-20(27)10-24-23(26)29/h3-9,13H,10-12H2,1-2H3,(H,24,29). The summed E-state index contributed by atoms with van der Waals surface area (Å²) < 4.78 is 16.0. The van der Waals surface area contributed by atoms with E-state index >= 15 is 0 Å². The number of carbonyl (C=O) groups excluding carboxylic acids is 3. The number of rotatable bonds is 8. The number of thiazole rings is 1. The number of aromatic nitrogens is 1. The van der Waals surface area contributed by atoms with Gasteiger partial charge < -0.3 is 19.5 Å². The normalized spacial score (nSPS) is 13.1. The van der Waals surface area contributed by atoms with Crippen LogP contribution < -0.4 is 14.8 Å². The first-order valence-electron chi connectivity index (χ1n) is 9.99. The van der Waals surface area contributed by atoms with Crippen LogP contribution in [0.25, 0.3) is 10.6 Å². The predicted molar refractivity (Wildman–Crippen MR) is 120 cm³/mol. The molecule has 170 valence electrons. The van der Waals surface area contributed by atoms with E-state index in [2.05, 4.69) is 10.3 Å². The number of hydrogen-bond acceptors (Lipinski definition) is 8. The number of ether oxygens (including phenoxy) is 3. The summed E-state index contributed by atoms with van der Waals surface area (Å²) in [4.78, 5) is 41.4. The molecule has 0 atom stereocenters. The number of imide groups is 1. The maximum Gasteiger partial charge on any atom is 0.338 e. The number of nitrogens with zero attached hydrogens (tertiary/aromatic N) is 2. The summed E-state index contributed by atoms with van der Waals surface area (Å²) in [7, 11) is 3.15. The average molecular weight is 468 g/mol. The maximum atomic E-state index is 12.4. The minimum absolute atomic E-state index is 0.00752. The molecule has 1 aromatic heterocycles. The lowest BCUT2D eigenvalue weighted by Crippen LogP contribution is -2.30. The highest BCUT2D eigenvalue weighted by Crippen LogP contribution is 2.33. The summed E-state index contributed by atoms with van der Waals surface area (Å²) in [5.41, 5.74) is 2.60. The highest BCUT2D eigenvalue weighted by atomic mass is 32.1. The Labute approximate surface area is 193 Å². The molecule has 0 aliphatic carbocycles. The fourth-order valence-corrected chi connectivity index (χ4v) is 4.04. The monoisotopic (exact) mass is 467 g/mol. The molecular weight excluding hydrogens is 446 g/mol. The van der Waals surface area contributed by atoms with Crippen LogP contribution in [0.1, 0.15) is 21.6 Å². The third kappa shape index (κ3) is 4.96. The zero-order valence-electron chi connectivity index (χ0n) is 18.0. The molecule has 0 radical (unpaired) electrons. The van der Waals surface area contributed by atoms with Crippen LogP contribution >= 0.6 is 11.3 Å². The van der Waals surface area contributed by atoms with Crippen molar-refractivity contribution in [2.45, 2.75) is 13.2 Å². The lowest BCUT2D eigenvalue weighted by Gasteiger charge is -2.12. The Balaban J connectivity index is 1.35. The van der Waals surface area contributed by atoms with Crippen molar-refractivity contribution >= 4 is 29.2 Å². The molecule has 4 rings (SSSR count). The molecule has 1 saturated heterocycles. The van der Waals surface area contributed by atoms with Crippen LogP contribution in [0.15, 0.2) is 47.8 Å². The van der Waals surface area contributed by atoms with Gasteiger partial charge in [0.15, 0.2) is 11.5 Å². The van der Waals surface area contributed by atoms with Gasteiger partial charge in [-0.15, -0.1) is 11.3 Å². The number of esters is 1. The lowest BCUT2D eigenvalue weighted by molar-refractivity contribution is -0.125. The van der Waals surface area contributed by atoms with Crippen molar-refractivity contribution in [3.05, 3.63) is 64.7 Å². The summed E-state index contributed by atoms with van der Waals surface area (Å²) in [6.07, 6.45) is 0. The second kappa shape index (κ2) is 9.70. The molecule has 0 bridgehead atoms. The van der Waals surface area contributed by atoms with Crippen molar-refractivity contribution in [1.29, 1.82) is 0 Å². The van der Waals surface area contributed by atoms with E-state index in [1.807, 2.05) is 23.6 Å². The first-order valence-corrected chi connectivity index (χ1v) is 10.9. The quantitative estimate of drug-likeness (QED) is 0.400. The Morgan fingerprint density at radius 1 is 1.09 bits per heavy atom. The van der Waals surface area contributed by atoms with Crippen LogP contribution in [0, 0.1) is 0 Å². The second-order valence-corrected chi connectivity index (χ2v) is 7.98. The van der Waals surface area contributed by atoms with E-state index < -0.39 is 12.0 Å². The van der Waals surface area contributed by atoms with Gasteiger partial charge in [0.05, 0.1) is 38.6 Å². The van der Waals surface area contributed by atoms with Crippen LogP contribution in [0.5, 0.6) is 11.5 Å². The summed E-state index contributed by atoms with van der Waals surface area (Å²) in [5.74, 6) is 0.473. The maximum absolute atomic E-state index is 12.4. The number of benzene rings is 2. The second-order valence-electron chi connectivity index (χ2n) is 7.13. The highest BCUT2D eigenvalue weighted by Gasteiger charge is 2.28. The van der Waals surface area contributed by atoms with Crippen LogP contribution in [-0.2, 0) is 22.7 Å². The third-order valence-corrected chi connectivity index (χ3v) is 5.94. The van der Waals surface area contributed by atoms with Crippen LogP contribution in [0.3, 0.4) is 0 Å². The van der Waals surface area contributed by atoms with Gasteiger partial charge in [0, 0.05) is 10.9 Å². The van der Waals surface area contributed by atoms with Gasteiger partial charge in [0.2, 0.25) is 5.91 Å². The number of amides is 3. The first kappa shape index (κ1) is 22.3. The van der Waals surface area contributed by atoms with E-state index in [1.54, 1.807) is 38.5 Å². The van der Waals surface area contributed by atoms with E-state index in [9.17, 15) is 14.4 Å². The molecule has 9 nitrogen and oxygen atoms in total. The van der Waals surface area contributed by atoms with Gasteiger partial charge in [-0.25, -0.2) is 14.6 Å². The molecule has 3 amide bonds. The van der Waals surface area contributed by atoms with Gasteiger partial charge in [0.1, 0.15) is 11.6 Å².